The van der Waals surface area contributed by atoms with Gasteiger partial charge in [-0.05, 0) is 33.1 Å². The fraction of sp³-hybridized carbons (Fsp3) is 0.867. The van der Waals surface area contributed by atoms with Crippen LogP contribution in [0.5, 0.6) is 0 Å². The minimum absolute atomic E-state index is 0. The van der Waals surface area contributed by atoms with Gasteiger partial charge in [-0.2, -0.15) is 0 Å². The molecule has 124 valence electrons. The Morgan fingerprint density at radius 2 is 2.14 bits per heavy atom. The number of ether oxygens (including phenoxy) is 1. The number of hydrogen-bond donors (Lipinski definition) is 1. The smallest absolute Gasteiger partial charge is 0.310 e. The molecule has 1 unspecified atom stereocenters. The molecule has 1 atom stereocenters. The Balaban J connectivity index is 0.00000400. The van der Waals surface area contributed by atoms with E-state index in [2.05, 4.69) is 29.1 Å². The summed E-state index contributed by atoms with van der Waals surface area (Å²) in [6.07, 6.45) is 4.18. The van der Waals surface area contributed by atoms with Gasteiger partial charge >= 0.3 is 5.97 Å². The lowest BCUT2D eigenvalue weighted by molar-refractivity contribution is -0.149. The first-order valence-electron chi connectivity index (χ1n) is 7.92. The summed E-state index contributed by atoms with van der Waals surface area (Å²) < 4.78 is 5.14. The molecule has 0 spiro atoms. The number of nitrogens with zero attached hydrogens (tertiary/aromatic N) is 2. The highest BCUT2D eigenvalue weighted by atomic mass is 127. The van der Waals surface area contributed by atoms with Crippen molar-refractivity contribution in [2.45, 2.75) is 46.5 Å². The van der Waals surface area contributed by atoms with Crippen molar-refractivity contribution in [1.82, 2.24) is 10.2 Å². The Bertz CT molecular complexity index is 324. The lowest BCUT2D eigenvalue weighted by atomic mass is 9.98. The minimum Gasteiger partial charge on any atom is -0.466 e. The monoisotopic (exact) mass is 411 g/mol. The third-order valence-electron chi connectivity index (χ3n) is 3.45. The van der Waals surface area contributed by atoms with E-state index < -0.39 is 0 Å². The van der Waals surface area contributed by atoms with Crippen molar-refractivity contribution < 1.29 is 9.53 Å². The van der Waals surface area contributed by atoms with Gasteiger partial charge in [-0.15, -0.1) is 24.0 Å². The van der Waals surface area contributed by atoms with E-state index in [-0.39, 0.29) is 35.9 Å². The zero-order valence-electron chi connectivity index (χ0n) is 13.6. The molecule has 0 aromatic rings. The van der Waals surface area contributed by atoms with Crippen LogP contribution in [-0.2, 0) is 9.53 Å². The predicted molar refractivity (Wildman–Crippen MR) is 97.2 cm³/mol. The Morgan fingerprint density at radius 1 is 1.38 bits per heavy atom. The molecular weight excluding hydrogens is 381 g/mol. The quantitative estimate of drug-likeness (QED) is 0.240. The second kappa shape index (κ2) is 12.1. The molecule has 0 amide bonds. The molecule has 0 aliphatic carbocycles. The van der Waals surface area contributed by atoms with Crippen LogP contribution < -0.4 is 5.32 Å². The third-order valence-corrected chi connectivity index (χ3v) is 3.45. The number of likely N-dealkylation sites (tertiary alicyclic amines) is 1. The van der Waals surface area contributed by atoms with Crippen LogP contribution in [0.4, 0.5) is 0 Å². The molecule has 0 radical (unpaired) electrons. The van der Waals surface area contributed by atoms with Crippen molar-refractivity contribution in [2.75, 3.05) is 32.8 Å². The highest BCUT2D eigenvalue weighted by Crippen LogP contribution is 2.18. The maximum absolute atomic E-state index is 11.9. The number of aliphatic imine (C=N–C) groups is 1. The van der Waals surface area contributed by atoms with Crippen molar-refractivity contribution >= 4 is 35.9 Å². The van der Waals surface area contributed by atoms with Crippen LogP contribution in [-0.4, -0.2) is 49.6 Å². The molecule has 1 fully saturated rings. The largest absolute Gasteiger partial charge is 0.466 e. The summed E-state index contributed by atoms with van der Waals surface area (Å²) in [5.41, 5.74) is 0. The van der Waals surface area contributed by atoms with Crippen LogP contribution >= 0.6 is 24.0 Å². The standard InChI is InChI=1S/C15H29N3O2.HI/c1-4-7-10-17-15(16-5-2)18-11-8-9-13(12-18)14(19)20-6-3;/h13H,4-12H2,1-3H3,(H,16,17);1H. The van der Waals surface area contributed by atoms with Crippen molar-refractivity contribution in [1.29, 1.82) is 0 Å². The van der Waals surface area contributed by atoms with E-state index in [1.165, 1.54) is 0 Å². The number of halogens is 1. The average molecular weight is 411 g/mol. The Labute approximate surface area is 145 Å². The lowest BCUT2D eigenvalue weighted by Crippen LogP contribution is -2.48. The summed E-state index contributed by atoms with van der Waals surface area (Å²) >= 11 is 0. The normalized spacial score (nSPS) is 18.9. The average Bonchev–Trinajstić information content (AvgIpc) is 2.47. The van der Waals surface area contributed by atoms with Gasteiger partial charge in [0.25, 0.3) is 0 Å². The number of rotatable bonds is 6. The van der Waals surface area contributed by atoms with E-state index >= 15 is 0 Å². The summed E-state index contributed by atoms with van der Waals surface area (Å²) in [7, 11) is 0. The highest BCUT2D eigenvalue weighted by Gasteiger charge is 2.28. The lowest BCUT2D eigenvalue weighted by Gasteiger charge is -2.34. The molecule has 1 aliphatic heterocycles. The zero-order valence-corrected chi connectivity index (χ0v) is 15.9. The maximum Gasteiger partial charge on any atom is 0.310 e. The van der Waals surface area contributed by atoms with Crippen molar-refractivity contribution in [3.05, 3.63) is 0 Å². The van der Waals surface area contributed by atoms with Gasteiger partial charge in [0.15, 0.2) is 5.96 Å². The fourth-order valence-corrected chi connectivity index (χ4v) is 2.39. The van der Waals surface area contributed by atoms with Crippen molar-refractivity contribution in [3.63, 3.8) is 0 Å². The van der Waals surface area contributed by atoms with E-state index in [0.29, 0.717) is 6.61 Å². The Hall–Kier alpha value is -0.530. The van der Waals surface area contributed by atoms with Crippen LogP contribution in [0.2, 0.25) is 0 Å². The number of guanidine groups is 1. The summed E-state index contributed by atoms with van der Waals surface area (Å²) in [5, 5.41) is 3.33. The molecule has 0 aromatic carbocycles. The maximum atomic E-state index is 11.9. The minimum atomic E-state index is -0.0680. The van der Waals surface area contributed by atoms with E-state index in [4.69, 9.17) is 4.74 Å². The number of carbonyl (C=O) groups excluding carboxylic acids is 1. The Morgan fingerprint density at radius 3 is 2.76 bits per heavy atom. The van der Waals surface area contributed by atoms with Gasteiger partial charge in [-0.25, -0.2) is 0 Å². The van der Waals surface area contributed by atoms with Crippen molar-refractivity contribution in [2.24, 2.45) is 10.9 Å². The SMILES string of the molecule is CCCCN=C(NCC)N1CCCC(C(=O)OCC)C1.I. The molecule has 6 heteroatoms. The predicted octanol–water partition coefficient (Wildman–Crippen LogP) is 2.65. The van der Waals surface area contributed by atoms with E-state index in [0.717, 1.165) is 57.8 Å². The van der Waals surface area contributed by atoms with Crippen LogP contribution in [0, 0.1) is 5.92 Å². The number of unbranched alkanes of at least 4 members (excludes halogenated alkanes) is 1. The first-order chi connectivity index (χ1) is 9.72. The van der Waals surface area contributed by atoms with Gasteiger partial charge in [0, 0.05) is 26.2 Å². The number of carbonyl (C=O) groups is 1. The molecule has 1 heterocycles. The first kappa shape index (κ1) is 20.5. The molecule has 1 rings (SSSR count). The summed E-state index contributed by atoms with van der Waals surface area (Å²) in [4.78, 5) is 18.7. The van der Waals surface area contributed by atoms with Gasteiger partial charge in [-0.3, -0.25) is 9.79 Å². The van der Waals surface area contributed by atoms with Gasteiger partial charge in [-0.1, -0.05) is 13.3 Å². The van der Waals surface area contributed by atoms with E-state index in [1.54, 1.807) is 0 Å². The second-order valence-electron chi connectivity index (χ2n) is 5.13. The molecule has 5 nitrogen and oxygen atoms in total. The number of nitrogens with one attached hydrogen (secondary N) is 1. The number of esters is 1. The van der Waals surface area contributed by atoms with E-state index in [9.17, 15) is 4.79 Å². The number of hydrogen-bond acceptors (Lipinski definition) is 3. The molecular formula is C15H30IN3O2. The summed E-state index contributed by atoms with van der Waals surface area (Å²) in [5.74, 6) is 0.857. The first-order valence-corrected chi connectivity index (χ1v) is 7.92. The topological polar surface area (TPSA) is 53.9 Å². The van der Waals surface area contributed by atoms with Crippen molar-refractivity contribution in [3.8, 4) is 0 Å². The molecule has 1 N–H and O–H groups in total. The molecule has 1 saturated heterocycles. The fourth-order valence-electron chi connectivity index (χ4n) is 2.39. The van der Waals surface area contributed by atoms with Crippen LogP contribution in [0.15, 0.2) is 4.99 Å². The number of piperidine rings is 1. The second-order valence-corrected chi connectivity index (χ2v) is 5.13. The van der Waals surface area contributed by atoms with Crippen LogP contribution in [0.25, 0.3) is 0 Å². The van der Waals surface area contributed by atoms with Crippen LogP contribution in [0.3, 0.4) is 0 Å². The van der Waals surface area contributed by atoms with Gasteiger partial charge in [0.05, 0.1) is 12.5 Å². The van der Waals surface area contributed by atoms with E-state index in [1.807, 2.05) is 6.92 Å². The highest BCUT2D eigenvalue weighted by molar-refractivity contribution is 14.0. The molecule has 1 aliphatic rings. The zero-order chi connectivity index (χ0) is 14.8. The van der Waals surface area contributed by atoms with Crippen LogP contribution in [0.1, 0.15) is 46.5 Å². The molecule has 0 bridgehead atoms. The summed E-state index contributed by atoms with van der Waals surface area (Å²) in [6, 6.07) is 0. The molecule has 21 heavy (non-hydrogen) atoms. The van der Waals surface area contributed by atoms with Gasteiger partial charge in [0.1, 0.15) is 0 Å². The third kappa shape index (κ3) is 7.33. The molecule has 0 aromatic heterocycles. The Kier molecular flexibility index (Phi) is 11.8. The van der Waals surface area contributed by atoms with Gasteiger partial charge < -0.3 is 15.0 Å². The molecule has 0 saturated carbocycles. The van der Waals surface area contributed by atoms with Gasteiger partial charge in [0.2, 0.25) is 0 Å². The summed E-state index contributed by atoms with van der Waals surface area (Å²) in [6.45, 7) is 9.94.